The van der Waals surface area contributed by atoms with Crippen molar-refractivity contribution in [3.8, 4) is 0 Å². The molecule has 2 aromatic heterocycles. The number of ether oxygens (including phenoxy) is 5. The molecule has 12 nitrogen and oxygen atoms in total. The van der Waals surface area contributed by atoms with Crippen LogP contribution in [0, 0.1) is 0 Å². The number of amides is 2. The zero-order valence-electron chi connectivity index (χ0n) is 21.6. The number of hydrogen-bond acceptors (Lipinski definition) is 10. The molecule has 2 saturated heterocycles. The van der Waals surface area contributed by atoms with Crippen LogP contribution in [0.1, 0.15) is 61.6 Å². The van der Waals surface area contributed by atoms with Gasteiger partial charge in [0.15, 0.2) is 29.0 Å². The van der Waals surface area contributed by atoms with Gasteiger partial charge in [-0.3, -0.25) is 4.57 Å². The topological polar surface area (TPSA) is 127 Å². The zero-order valence-corrected chi connectivity index (χ0v) is 23.8. The summed E-state index contributed by atoms with van der Waals surface area (Å²) in [6.07, 6.45) is -0.552. The van der Waals surface area contributed by atoms with Crippen molar-refractivity contribution >= 4 is 51.8 Å². The molecule has 0 N–H and O–H groups in total. The van der Waals surface area contributed by atoms with Gasteiger partial charge in [0.1, 0.15) is 29.7 Å². The highest BCUT2D eigenvalue weighted by atomic mass is 127. The Labute approximate surface area is 223 Å². The van der Waals surface area contributed by atoms with Crippen molar-refractivity contribution in [2.45, 2.75) is 96.9 Å². The molecule has 0 saturated carbocycles. The number of anilines is 1. The van der Waals surface area contributed by atoms with Crippen LogP contribution in [-0.4, -0.2) is 71.4 Å². The summed E-state index contributed by atoms with van der Waals surface area (Å²) in [4.78, 5) is 40.1. The van der Waals surface area contributed by atoms with Crippen LogP contribution in [0.5, 0.6) is 0 Å². The summed E-state index contributed by atoms with van der Waals surface area (Å²) >= 11 is 2.25. The fourth-order valence-corrected chi connectivity index (χ4v) is 4.77. The number of alkyl halides is 1. The summed E-state index contributed by atoms with van der Waals surface area (Å²) in [6.45, 7) is 13.9. The number of imide groups is 1. The molecule has 0 bridgehead atoms. The van der Waals surface area contributed by atoms with E-state index in [1.165, 1.54) is 12.7 Å². The van der Waals surface area contributed by atoms with E-state index in [-0.39, 0.29) is 23.5 Å². The number of nitrogens with zero attached hydrogens (tertiary/aromatic N) is 5. The Balaban J connectivity index is 1.76. The van der Waals surface area contributed by atoms with Gasteiger partial charge in [0.25, 0.3) is 0 Å². The van der Waals surface area contributed by atoms with E-state index < -0.39 is 41.5 Å². The van der Waals surface area contributed by atoms with E-state index >= 15 is 0 Å². The molecule has 0 unspecified atom stereocenters. The molecule has 4 rings (SSSR count). The Bertz CT molecular complexity index is 1130. The second-order valence-corrected chi connectivity index (χ2v) is 12.0. The molecular formula is C23H32IN5O7. The van der Waals surface area contributed by atoms with Crippen molar-refractivity contribution in [2.24, 2.45) is 0 Å². The van der Waals surface area contributed by atoms with Crippen LogP contribution >= 0.6 is 22.6 Å². The van der Waals surface area contributed by atoms with Gasteiger partial charge in [-0.25, -0.2) is 24.5 Å². The van der Waals surface area contributed by atoms with E-state index in [2.05, 4.69) is 37.5 Å². The second-order valence-electron chi connectivity index (χ2n) is 11.1. The van der Waals surface area contributed by atoms with Crippen LogP contribution in [-0.2, 0) is 23.7 Å². The first-order valence-corrected chi connectivity index (χ1v) is 13.1. The lowest BCUT2D eigenvalue weighted by Gasteiger charge is -2.28. The molecule has 0 aromatic carbocycles. The van der Waals surface area contributed by atoms with Crippen LogP contribution in [0.3, 0.4) is 0 Å². The lowest BCUT2D eigenvalue weighted by atomic mass is 10.1. The highest BCUT2D eigenvalue weighted by molar-refractivity contribution is 14.1. The maximum Gasteiger partial charge on any atom is 0.425 e. The van der Waals surface area contributed by atoms with E-state index in [1.807, 2.05) is 13.8 Å². The van der Waals surface area contributed by atoms with E-state index in [4.69, 9.17) is 23.7 Å². The van der Waals surface area contributed by atoms with Crippen molar-refractivity contribution in [3.05, 3.63) is 12.7 Å². The number of carbonyl (C=O) groups excluding carboxylic acids is 2. The molecule has 2 aromatic rings. The quantitative estimate of drug-likeness (QED) is 0.362. The van der Waals surface area contributed by atoms with Gasteiger partial charge in [-0.2, -0.15) is 4.90 Å². The number of halogens is 1. The van der Waals surface area contributed by atoms with Crippen LogP contribution in [0.2, 0.25) is 0 Å². The fourth-order valence-electron chi connectivity index (χ4n) is 4.06. The van der Waals surface area contributed by atoms with Gasteiger partial charge in [-0.1, -0.05) is 22.6 Å². The largest absolute Gasteiger partial charge is 0.443 e. The monoisotopic (exact) mass is 617 g/mol. The molecule has 13 heteroatoms. The summed E-state index contributed by atoms with van der Waals surface area (Å²) in [5.41, 5.74) is -1.18. The molecule has 2 amide bonds. The van der Waals surface area contributed by atoms with Gasteiger partial charge >= 0.3 is 12.2 Å². The molecule has 36 heavy (non-hydrogen) atoms. The minimum atomic E-state index is -0.942. The number of fused-ring (bicyclic) bond motifs is 2. The number of rotatable bonds is 3. The normalized spacial score (nSPS) is 25.6. The van der Waals surface area contributed by atoms with Gasteiger partial charge < -0.3 is 23.7 Å². The first-order valence-electron chi connectivity index (χ1n) is 11.6. The lowest BCUT2D eigenvalue weighted by Crippen LogP contribution is -2.44. The number of hydrogen-bond donors (Lipinski definition) is 0. The van der Waals surface area contributed by atoms with Crippen LogP contribution in [0.4, 0.5) is 15.4 Å². The highest BCUT2D eigenvalue weighted by Crippen LogP contribution is 2.44. The lowest BCUT2D eigenvalue weighted by molar-refractivity contribution is -0.193. The second kappa shape index (κ2) is 9.33. The fraction of sp³-hybridized carbons (Fsp3) is 0.696. The molecule has 2 aliphatic heterocycles. The van der Waals surface area contributed by atoms with E-state index in [1.54, 1.807) is 46.1 Å². The Hall–Kier alpha value is -2.10. The van der Waals surface area contributed by atoms with Gasteiger partial charge in [0, 0.05) is 4.43 Å². The van der Waals surface area contributed by atoms with Gasteiger partial charge in [0.05, 0.1) is 12.4 Å². The molecule has 2 aliphatic rings. The summed E-state index contributed by atoms with van der Waals surface area (Å²) in [6, 6.07) is 0. The molecule has 198 valence electrons. The van der Waals surface area contributed by atoms with Crippen molar-refractivity contribution in [1.82, 2.24) is 19.5 Å². The van der Waals surface area contributed by atoms with Gasteiger partial charge in [0.2, 0.25) is 0 Å². The third kappa shape index (κ3) is 5.43. The van der Waals surface area contributed by atoms with E-state index in [0.29, 0.717) is 10.1 Å². The Morgan fingerprint density at radius 3 is 2.17 bits per heavy atom. The predicted molar refractivity (Wildman–Crippen MR) is 137 cm³/mol. The first-order chi connectivity index (χ1) is 16.6. The minimum Gasteiger partial charge on any atom is -0.443 e. The SMILES string of the molecule is CC(C)(C)OC(=O)N(C(=O)OC(C)(C)C)c1ncnc2c1ncn2[C@@H]1O[C@H](CI)[C@H]2OC(C)(C)O[C@H]21. The van der Waals surface area contributed by atoms with Crippen molar-refractivity contribution in [3.63, 3.8) is 0 Å². The Kier molecular flexibility index (Phi) is 6.98. The van der Waals surface area contributed by atoms with E-state index in [9.17, 15) is 9.59 Å². The standard InChI is InChI=1S/C23H32IN5O7/c1-21(2,3)35-19(30)29(20(31)36-22(4,5)6)17-13-16(25-10-26-17)28(11-27-13)18-15-14(12(9-24)32-18)33-23(7,8)34-15/h10-12,14-15,18H,9H2,1-8H3/t12-,14-,15-,18-/m1/s1. The predicted octanol–water partition coefficient (Wildman–Crippen LogP) is 4.36. The number of imidazole rings is 1. The third-order valence-corrected chi connectivity index (χ3v) is 6.12. The molecule has 2 fully saturated rings. The summed E-state index contributed by atoms with van der Waals surface area (Å²) in [7, 11) is 0. The van der Waals surface area contributed by atoms with Crippen LogP contribution in [0.15, 0.2) is 12.7 Å². The Morgan fingerprint density at radius 2 is 1.61 bits per heavy atom. The highest BCUT2D eigenvalue weighted by Gasteiger charge is 2.55. The first kappa shape index (κ1) is 26.9. The summed E-state index contributed by atoms with van der Waals surface area (Å²) < 4.78 is 31.9. The minimum absolute atomic E-state index is 0.0637. The molecule has 0 radical (unpaired) electrons. The third-order valence-electron chi connectivity index (χ3n) is 5.25. The maximum absolute atomic E-state index is 13.1. The van der Waals surface area contributed by atoms with Crippen molar-refractivity contribution < 1.29 is 33.3 Å². The van der Waals surface area contributed by atoms with Crippen LogP contribution < -0.4 is 4.90 Å². The molecular weight excluding hydrogens is 585 g/mol. The van der Waals surface area contributed by atoms with Gasteiger partial charge in [-0.15, -0.1) is 0 Å². The molecule has 4 atom stereocenters. The maximum atomic E-state index is 13.1. The molecule has 0 aliphatic carbocycles. The zero-order chi connectivity index (χ0) is 26.6. The number of carbonyl (C=O) groups is 2. The molecule has 0 spiro atoms. The molecule has 4 heterocycles. The van der Waals surface area contributed by atoms with E-state index in [0.717, 1.165) is 4.90 Å². The summed E-state index contributed by atoms with van der Waals surface area (Å²) in [5, 5.41) is 0. The average Bonchev–Trinajstić information content (AvgIpc) is 3.36. The average molecular weight is 617 g/mol. The number of aromatic nitrogens is 4. The van der Waals surface area contributed by atoms with Crippen molar-refractivity contribution in [2.75, 3.05) is 9.33 Å². The smallest absolute Gasteiger partial charge is 0.425 e. The van der Waals surface area contributed by atoms with Crippen LogP contribution in [0.25, 0.3) is 11.2 Å². The summed E-state index contributed by atoms with van der Waals surface area (Å²) in [5.74, 6) is -0.825. The Morgan fingerprint density at radius 1 is 1.03 bits per heavy atom. The van der Waals surface area contributed by atoms with Gasteiger partial charge in [-0.05, 0) is 55.4 Å². The van der Waals surface area contributed by atoms with Crippen molar-refractivity contribution in [1.29, 1.82) is 0 Å².